The van der Waals surface area contributed by atoms with Crippen molar-refractivity contribution in [3.8, 4) is 0 Å². The van der Waals surface area contributed by atoms with Gasteiger partial charge in [0.1, 0.15) is 0 Å². The third-order valence-corrected chi connectivity index (χ3v) is 2.25. The highest BCUT2D eigenvalue weighted by Gasteiger charge is 2.05. The van der Waals surface area contributed by atoms with E-state index in [0.717, 1.165) is 5.69 Å². The molecule has 0 aliphatic carbocycles. The van der Waals surface area contributed by atoms with Crippen LogP contribution in [0.15, 0.2) is 24.3 Å². The van der Waals surface area contributed by atoms with E-state index in [1.807, 2.05) is 19.9 Å². The number of rotatable bonds is 5. The minimum atomic E-state index is -0.148. The third-order valence-electron chi connectivity index (χ3n) is 2.25. The van der Waals surface area contributed by atoms with Crippen molar-refractivity contribution in [1.29, 1.82) is 0 Å². The lowest BCUT2D eigenvalue weighted by atomic mass is 10.2. The number of amides is 2. The average Bonchev–Trinajstić information content (AvgIpc) is 2.35. The first-order valence-corrected chi connectivity index (χ1v) is 5.88. The van der Waals surface area contributed by atoms with E-state index in [9.17, 15) is 9.59 Å². The summed E-state index contributed by atoms with van der Waals surface area (Å²) in [4.78, 5) is 22.9. The molecule has 18 heavy (non-hydrogen) atoms. The van der Waals surface area contributed by atoms with Gasteiger partial charge >= 0.3 is 0 Å². The standard InChI is InChI=1S/C13H19N3O2/c1-9(2)16-12(17)8-15-11-6-4-5-10(7-11)13(18)14-3/h4-7,9,15H,8H2,1-3H3,(H,14,18)(H,16,17). The van der Waals surface area contributed by atoms with Gasteiger partial charge in [-0.15, -0.1) is 0 Å². The number of carbonyl (C=O) groups is 2. The van der Waals surface area contributed by atoms with Crippen LogP contribution in [0.2, 0.25) is 0 Å². The fourth-order valence-electron chi connectivity index (χ4n) is 1.47. The van der Waals surface area contributed by atoms with Gasteiger partial charge in [-0.1, -0.05) is 6.07 Å². The van der Waals surface area contributed by atoms with Gasteiger partial charge in [0, 0.05) is 24.3 Å². The van der Waals surface area contributed by atoms with Gasteiger partial charge in [0.15, 0.2) is 0 Å². The highest BCUT2D eigenvalue weighted by molar-refractivity contribution is 5.95. The maximum atomic E-state index is 11.4. The van der Waals surface area contributed by atoms with E-state index in [-0.39, 0.29) is 24.4 Å². The van der Waals surface area contributed by atoms with Crippen molar-refractivity contribution in [2.45, 2.75) is 19.9 Å². The fraction of sp³-hybridized carbons (Fsp3) is 0.385. The van der Waals surface area contributed by atoms with E-state index < -0.39 is 0 Å². The molecule has 5 nitrogen and oxygen atoms in total. The zero-order valence-corrected chi connectivity index (χ0v) is 10.9. The Morgan fingerprint density at radius 2 is 2.00 bits per heavy atom. The highest BCUT2D eigenvalue weighted by Crippen LogP contribution is 2.10. The van der Waals surface area contributed by atoms with Crippen LogP contribution in [-0.4, -0.2) is 31.4 Å². The highest BCUT2D eigenvalue weighted by atomic mass is 16.2. The number of benzene rings is 1. The molecule has 0 fully saturated rings. The second-order valence-corrected chi connectivity index (χ2v) is 4.24. The summed E-state index contributed by atoms with van der Waals surface area (Å²) in [6.45, 7) is 4.00. The molecule has 0 heterocycles. The second-order valence-electron chi connectivity index (χ2n) is 4.24. The van der Waals surface area contributed by atoms with Crippen LogP contribution in [0, 0.1) is 0 Å². The minimum Gasteiger partial charge on any atom is -0.376 e. The van der Waals surface area contributed by atoms with Crippen LogP contribution in [0.1, 0.15) is 24.2 Å². The van der Waals surface area contributed by atoms with Crippen LogP contribution in [-0.2, 0) is 4.79 Å². The molecule has 0 radical (unpaired) electrons. The molecule has 98 valence electrons. The number of nitrogens with one attached hydrogen (secondary N) is 3. The predicted octanol–water partition coefficient (Wildman–Crippen LogP) is 0.983. The first kappa shape index (κ1) is 14.0. The number of hydrogen-bond donors (Lipinski definition) is 3. The van der Waals surface area contributed by atoms with Crippen LogP contribution in [0.3, 0.4) is 0 Å². The van der Waals surface area contributed by atoms with Crippen LogP contribution in [0.4, 0.5) is 5.69 Å². The Hall–Kier alpha value is -2.04. The Labute approximate surface area is 107 Å². The van der Waals surface area contributed by atoms with E-state index in [1.165, 1.54) is 0 Å². The molecule has 2 amide bonds. The fourth-order valence-corrected chi connectivity index (χ4v) is 1.47. The van der Waals surface area contributed by atoms with Crippen molar-refractivity contribution < 1.29 is 9.59 Å². The quantitative estimate of drug-likeness (QED) is 0.728. The zero-order chi connectivity index (χ0) is 13.5. The average molecular weight is 249 g/mol. The van der Waals surface area contributed by atoms with Gasteiger partial charge in [-0.05, 0) is 32.0 Å². The molecule has 0 aromatic heterocycles. The predicted molar refractivity (Wildman–Crippen MR) is 71.6 cm³/mol. The Morgan fingerprint density at radius 1 is 1.28 bits per heavy atom. The summed E-state index contributed by atoms with van der Waals surface area (Å²) in [6, 6.07) is 7.14. The SMILES string of the molecule is CNC(=O)c1cccc(NCC(=O)NC(C)C)c1. The molecule has 1 rings (SSSR count). The van der Waals surface area contributed by atoms with E-state index >= 15 is 0 Å². The Balaban J connectivity index is 2.57. The van der Waals surface area contributed by atoms with Gasteiger partial charge < -0.3 is 16.0 Å². The van der Waals surface area contributed by atoms with Gasteiger partial charge in [0.25, 0.3) is 5.91 Å². The summed E-state index contributed by atoms with van der Waals surface area (Å²) in [7, 11) is 1.58. The lowest BCUT2D eigenvalue weighted by Crippen LogP contribution is -2.34. The molecule has 1 aromatic carbocycles. The summed E-state index contributed by atoms with van der Waals surface area (Å²) < 4.78 is 0. The number of anilines is 1. The van der Waals surface area contributed by atoms with E-state index in [1.54, 1.807) is 25.2 Å². The van der Waals surface area contributed by atoms with E-state index in [4.69, 9.17) is 0 Å². The summed E-state index contributed by atoms with van der Waals surface area (Å²) in [5.74, 6) is -0.222. The largest absolute Gasteiger partial charge is 0.376 e. The van der Waals surface area contributed by atoms with E-state index in [0.29, 0.717) is 5.56 Å². The molecule has 0 aliphatic heterocycles. The number of hydrogen-bond acceptors (Lipinski definition) is 3. The van der Waals surface area contributed by atoms with Crippen LogP contribution < -0.4 is 16.0 Å². The van der Waals surface area contributed by atoms with Crippen molar-refractivity contribution in [1.82, 2.24) is 10.6 Å². The smallest absolute Gasteiger partial charge is 0.251 e. The summed E-state index contributed by atoms with van der Waals surface area (Å²) in [6.07, 6.45) is 0. The monoisotopic (exact) mass is 249 g/mol. The summed E-state index contributed by atoms with van der Waals surface area (Å²) in [5, 5.41) is 8.31. The van der Waals surface area contributed by atoms with Crippen molar-refractivity contribution in [3.05, 3.63) is 29.8 Å². The lowest BCUT2D eigenvalue weighted by molar-refractivity contribution is -0.119. The van der Waals surface area contributed by atoms with Crippen molar-refractivity contribution in [2.75, 3.05) is 18.9 Å². The number of carbonyl (C=O) groups excluding carboxylic acids is 2. The van der Waals surface area contributed by atoms with Gasteiger partial charge in [-0.2, -0.15) is 0 Å². The van der Waals surface area contributed by atoms with Crippen molar-refractivity contribution in [3.63, 3.8) is 0 Å². The molecule has 3 N–H and O–H groups in total. The third kappa shape index (κ3) is 4.45. The minimum absolute atomic E-state index is 0.0738. The molecule has 0 bridgehead atoms. The van der Waals surface area contributed by atoms with E-state index in [2.05, 4.69) is 16.0 Å². The lowest BCUT2D eigenvalue weighted by Gasteiger charge is -2.10. The Kier molecular flexibility index (Phi) is 5.17. The summed E-state index contributed by atoms with van der Waals surface area (Å²) >= 11 is 0. The maximum Gasteiger partial charge on any atom is 0.251 e. The molecule has 5 heteroatoms. The molecule has 0 unspecified atom stereocenters. The van der Waals surface area contributed by atoms with Gasteiger partial charge in [0.05, 0.1) is 6.54 Å². The molecule has 0 atom stereocenters. The molecule has 0 spiro atoms. The molecular formula is C13H19N3O2. The van der Waals surface area contributed by atoms with Gasteiger partial charge in [0.2, 0.25) is 5.91 Å². The molecule has 1 aromatic rings. The Morgan fingerprint density at radius 3 is 2.61 bits per heavy atom. The molecule has 0 saturated heterocycles. The summed E-state index contributed by atoms with van der Waals surface area (Å²) in [5.41, 5.74) is 1.31. The van der Waals surface area contributed by atoms with Gasteiger partial charge in [-0.3, -0.25) is 9.59 Å². The van der Waals surface area contributed by atoms with Crippen molar-refractivity contribution in [2.24, 2.45) is 0 Å². The van der Waals surface area contributed by atoms with Crippen LogP contribution in [0.5, 0.6) is 0 Å². The maximum absolute atomic E-state index is 11.4. The molecule has 0 aliphatic rings. The molecular weight excluding hydrogens is 230 g/mol. The van der Waals surface area contributed by atoms with Crippen molar-refractivity contribution >= 4 is 17.5 Å². The van der Waals surface area contributed by atoms with Gasteiger partial charge in [-0.25, -0.2) is 0 Å². The van der Waals surface area contributed by atoms with Crippen LogP contribution >= 0.6 is 0 Å². The topological polar surface area (TPSA) is 70.2 Å². The second kappa shape index (κ2) is 6.64. The normalized spacial score (nSPS) is 10.0. The van der Waals surface area contributed by atoms with Crippen LogP contribution in [0.25, 0.3) is 0 Å². The molecule has 0 saturated carbocycles. The first-order chi connectivity index (χ1) is 8.52. The zero-order valence-electron chi connectivity index (χ0n) is 10.9. The first-order valence-electron chi connectivity index (χ1n) is 5.88. The Bertz CT molecular complexity index is 430.